The van der Waals surface area contributed by atoms with Crippen molar-refractivity contribution >= 4 is 5.97 Å². The predicted molar refractivity (Wildman–Crippen MR) is 228 cm³/mol. The van der Waals surface area contributed by atoms with Gasteiger partial charge in [0.15, 0.2) is 0 Å². The maximum Gasteiger partial charge on any atom is 0.305 e. The zero-order valence-electron chi connectivity index (χ0n) is 37.0. The number of esters is 1. The molecule has 0 atom stereocenters. The molecule has 0 aliphatic heterocycles. The van der Waals surface area contributed by atoms with Gasteiger partial charge in [-0.3, -0.25) is 4.79 Å². The third-order valence-electron chi connectivity index (χ3n) is 8.68. The van der Waals surface area contributed by atoms with E-state index in [1.807, 2.05) is 0 Å². The molecule has 14 heteroatoms. The van der Waals surface area contributed by atoms with Crippen LogP contribution in [0.1, 0.15) is 90.0 Å². The molecular formula is C45H82O14. The number of benzene rings is 1. The topological polar surface area (TPSA) is 137 Å². The fourth-order valence-corrected chi connectivity index (χ4v) is 5.36. The van der Waals surface area contributed by atoms with E-state index in [1.165, 1.54) is 50.5 Å². The Labute approximate surface area is 356 Å². The highest BCUT2D eigenvalue weighted by atomic mass is 16.6. The van der Waals surface area contributed by atoms with E-state index < -0.39 is 0 Å². The van der Waals surface area contributed by atoms with Gasteiger partial charge in [-0.1, -0.05) is 77.3 Å². The molecule has 0 fully saturated rings. The molecule has 0 aliphatic carbocycles. The first kappa shape index (κ1) is 55.1. The Morgan fingerprint density at radius 1 is 0.356 bits per heavy atom. The van der Waals surface area contributed by atoms with Crippen LogP contribution in [-0.4, -0.2) is 165 Å². The molecule has 0 radical (unpaired) electrons. The predicted octanol–water partition coefficient (Wildman–Crippen LogP) is 6.66. The van der Waals surface area contributed by atoms with Crippen molar-refractivity contribution in [3.63, 3.8) is 0 Å². The summed E-state index contributed by atoms with van der Waals surface area (Å²) in [7, 11) is 0. The zero-order chi connectivity index (χ0) is 42.2. The highest BCUT2D eigenvalue weighted by Gasteiger charge is 2.02. The molecule has 0 amide bonds. The average molecular weight is 847 g/mol. The maximum atomic E-state index is 11.5. The molecule has 14 nitrogen and oxygen atoms in total. The maximum absolute atomic E-state index is 11.5. The first-order valence-corrected chi connectivity index (χ1v) is 22.5. The average Bonchev–Trinajstić information content (AvgIpc) is 3.25. The quantitative estimate of drug-likeness (QED) is 0.0510. The lowest BCUT2D eigenvalue weighted by Gasteiger charge is -2.09. The van der Waals surface area contributed by atoms with Crippen molar-refractivity contribution in [2.24, 2.45) is 0 Å². The van der Waals surface area contributed by atoms with E-state index in [2.05, 4.69) is 38.1 Å². The highest BCUT2D eigenvalue weighted by molar-refractivity contribution is 5.69. The summed E-state index contributed by atoms with van der Waals surface area (Å²) in [6.07, 6.45) is 14.0. The fraction of sp³-hybridized carbons (Fsp3) is 0.844. The molecule has 346 valence electrons. The van der Waals surface area contributed by atoms with E-state index in [9.17, 15) is 4.79 Å². The number of carbonyl (C=O) groups excluding carboxylic acids is 1. The van der Waals surface area contributed by atoms with Crippen LogP contribution >= 0.6 is 0 Å². The highest BCUT2D eigenvalue weighted by Crippen LogP contribution is 2.15. The molecule has 0 heterocycles. The Hall–Kier alpha value is -1.95. The lowest BCUT2D eigenvalue weighted by Crippen LogP contribution is -2.16. The number of aryl methyl sites for hydroxylation is 1. The Kier molecular flexibility index (Phi) is 44.0. The molecule has 0 aromatic heterocycles. The lowest BCUT2D eigenvalue weighted by molar-refractivity contribution is -0.145. The van der Waals surface area contributed by atoms with Crippen molar-refractivity contribution in [2.45, 2.75) is 90.9 Å². The number of unbranched alkanes of at least 4 members (excludes halogenated alkanes) is 8. The molecule has 0 spiro atoms. The van der Waals surface area contributed by atoms with Crippen molar-refractivity contribution in [3.05, 3.63) is 29.8 Å². The van der Waals surface area contributed by atoms with Gasteiger partial charge in [0, 0.05) is 6.42 Å². The summed E-state index contributed by atoms with van der Waals surface area (Å²) >= 11 is 0. The summed E-state index contributed by atoms with van der Waals surface area (Å²) < 4.78 is 71.5. The summed E-state index contributed by atoms with van der Waals surface area (Å²) in [5.74, 6) is 0.724. The number of rotatable bonds is 49. The molecule has 1 aromatic carbocycles. The van der Waals surface area contributed by atoms with E-state index >= 15 is 0 Å². The van der Waals surface area contributed by atoms with Gasteiger partial charge in [-0.25, -0.2) is 0 Å². The van der Waals surface area contributed by atoms with E-state index in [0.717, 1.165) is 31.4 Å². The Balaban J connectivity index is 1.67. The minimum Gasteiger partial charge on any atom is -0.491 e. The zero-order valence-corrected chi connectivity index (χ0v) is 37.0. The van der Waals surface area contributed by atoms with Crippen molar-refractivity contribution in [3.8, 4) is 5.75 Å². The summed E-state index contributed by atoms with van der Waals surface area (Å²) in [5, 5.41) is 0. The monoisotopic (exact) mass is 847 g/mol. The van der Waals surface area contributed by atoms with Crippen molar-refractivity contribution in [2.75, 3.05) is 159 Å². The van der Waals surface area contributed by atoms with Crippen LogP contribution in [0.15, 0.2) is 24.3 Å². The van der Waals surface area contributed by atoms with Crippen molar-refractivity contribution in [1.82, 2.24) is 0 Å². The van der Waals surface area contributed by atoms with Crippen LogP contribution in [0.2, 0.25) is 0 Å². The lowest BCUT2D eigenvalue weighted by atomic mass is 10.0. The molecule has 1 aromatic rings. The van der Waals surface area contributed by atoms with E-state index in [4.69, 9.17) is 61.6 Å². The van der Waals surface area contributed by atoms with Gasteiger partial charge < -0.3 is 61.6 Å². The van der Waals surface area contributed by atoms with Crippen LogP contribution in [0.5, 0.6) is 5.75 Å². The largest absolute Gasteiger partial charge is 0.491 e. The fourth-order valence-electron chi connectivity index (χ4n) is 5.36. The van der Waals surface area contributed by atoms with Crippen LogP contribution < -0.4 is 4.74 Å². The van der Waals surface area contributed by atoms with Crippen molar-refractivity contribution in [1.29, 1.82) is 0 Å². The normalized spacial score (nSPS) is 11.4. The molecular weight excluding hydrogens is 764 g/mol. The van der Waals surface area contributed by atoms with Crippen LogP contribution in [0, 0.1) is 0 Å². The van der Waals surface area contributed by atoms with Gasteiger partial charge in [0.1, 0.15) is 19.0 Å². The van der Waals surface area contributed by atoms with Gasteiger partial charge in [0.2, 0.25) is 0 Å². The molecule has 0 unspecified atom stereocenters. The van der Waals surface area contributed by atoms with E-state index in [1.54, 1.807) is 0 Å². The molecule has 1 rings (SSSR count). The van der Waals surface area contributed by atoms with Crippen LogP contribution in [-0.2, 0) is 68.1 Å². The minimum absolute atomic E-state index is 0.160. The van der Waals surface area contributed by atoms with Gasteiger partial charge in [-0.15, -0.1) is 0 Å². The molecule has 0 aliphatic rings. The number of ether oxygens (including phenoxy) is 13. The van der Waals surface area contributed by atoms with Crippen molar-refractivity contribution < 1.29 is 66.4 Å². The molecule has 0 bridgehead atoms. The van der Waals surface area contributed by atoms with E-state index in [0.29, 0.717) is 158 Å². The Bertz CT molecular complexity index is 971. The van der Waals surface area contributed by atoms with E-state index in [-0.39, 0.29) is 12.6 Å². The van der Waals surface area contributed by atoms with Crippen LogP contribution in [0.3, 0.4) is 0 Å². The Morgan fingerprint density at radius 3 is 1.03 bits per heavy atom. The molecule has 59 heavy (non-hydrogen) atoms. The number of hydrogen-bond acceptors (Lipinski definition) is 14. The first-order valence-electron chi connectivity index (χ1n) is 22.5. The summed E-state index contributed by atoms with van der Waals surface area (Å²) in [6.45, 7) is 16.0. The standard InChI is InChI=1S/C45H82O14/c1-3-5-7-8-9-10-12-13-43-15-17-44(18-16-43)58-41-39-56-37-35-54-33-31-52-29-27-50-25-23-48-21-19-47-20-22-49-24-26-51-28-30-53-32-34-55-36-38-57-40-42-59-45(46)14-11-6-4-2/h15-18H,3-14,19-42H2,1-2H3. The summed E-state index contributed by atoms with van der Waals surface area (Å²) in [5.41, 5.74) is 1.38. The van der Waals surface area contributed by atoms with Crippen LogP contribution in [0.25, 0.3) is 0 Å². The second-order valence-corrected chi connectivity index (χ2v) is 13.8. The third-order valence-corrected chi connectivity index (χ3v) is 8.68. The second-order valence-electron chi connectivity index (χ2n) is 13.8. The summed E-state index contributed by atoms with van der Waals surface area (Å²) in [6, 6.07) is 8.45. The second kappa shape index (κ2) is 47.1. The van der Waals surface area contributed by atoms with Gasteiger partial charge in [-0.05, 0) is 37.0 Å². The van der Waals surface area contributed by atoms with Gasteiger partial charge >= 0.3 is 5.97 Å². The van der Waals surface area contributed by atoms with Gasteiger partial charge in [0.05, 0.1) is 145 Å². The van der Waals surface area contributed by atoms with Gasteiger partial charge in [-0.2, -0.15) is 0 Å². The van der Waals surface area contributed by atoms with Gasteiger partial charge in [0.25, 0.3) is 0 Å². The SMILES string of the molecule is CCCCCCCCCc1ccc(OCCOCCOCCOCCOCCOCCOCCOCCOCCOCCOCCOCCOC(=O)CCCCC)cc1. The molecule has 0 saturated carbocycles. The number of hydrogen-bond donors (Lipinski definition) is 0. The smallest absolute Gasteiger partial charge is 0.305 e. The molecule has 0 saturated heterocycles. The Morgan fingerprint density at radius 2 is 0.661 bits per heavy atom. The van der Waals surface area contributed by atoms with Crippen LogP contribution in [0.4, 0.5) is 0 Å². The number of carbonyl (C=O) groups is 1. The third kappa shape index (κ3) is 42.5. The molecule has 0 N–H and O–H groups in total. The summed E-state index contributed by atoms with van der Waals surface area (Å²) in [4.78, 5) is 11.5. The first-order chi connectivity index (χ1) is 29.3. The minimum atomic E-state index is -0.160.